The van der Waals surface area contributed by atoms with Gasteiger partial charge in [0.25, 0.3) is 0 Å². The number of methoxy groups -OCH3 is 1. The maximum atomic E-state index is 11.0. The molecule has 0 heterocycles. The van der Waals surface area contributed by atoms with Gasteiger partial charge in [-0.15, -0.1) is 0 Å². The minimum absolute atomic E-state index is 0.233. The van der Waals surface area contributed by atoms with E-state index in [4.69, 9.17) is 15.2 Å². The van der Waals surface area contributed by atoms with Crippen LogP contribution in [0, 0.1) is 5.92 Å². The summed E-state index contributed by atoms with van der Waals surface area (Å²) in [4.78, 5) is 11.0. The Kier molecular flexibility index (Phi) is 3.72. The van der Waals surface area contributed by atoms with Crippen LogP contribution in [0.15, 0.2) is 18.2 Å². The maximum Gasteiger partial charge on any atom is 0.248 e. The summed E-state index contributed by atoms with van der Waals surface area (Å²) < 4.78 is 10.6. The molecule has 5 heteroatoms. The van der Waals surface area contributed by atoms with Crippen molar-refractivity contribution in [2.24, 2.45) is 11.7 Å². The van der Waals surface area contributed by atoms with E-state index in [1.807, 2.05) is 0 Å². The molecule has 1 aliphatic carbocycles. The van der Waals surface area contributed by atoms with Crippen LogP contribution >= 0.6 is 0 Å². The van der Waals surface area contributed by atoms with Gasteiger partial charge < -0.3 is 20.3 Å². The Labute approximate surface area is 106 Å². The predicted molar refractivity (Wildman–Crippen MR) is 65.7 cm³/mol. The van der Waals surface area contributed by atoms with Crippen LogP contribution < -0.4 is 15.2 Å². The fourth-order valence-electron chi connectivity index (χ4n) is 1.73. The van der Waals surface area contributed by atoms with Crippen molar-refractivity contribution in [3.05, 3.63) is 23.8 Å². The Bertz CT molecular complexity index is 443. The van der Waals surface area contributed by atoms with Crippen LogP contribution in [0.2, 0.25) is 0 Å². The first-order valence-corrected chi connectivity index (χ1v) is 5.90. The number of aliphatic hydroxyl groups is 1. The second-order valence-electron chi connectivity index (χ2n) is 4.45. The molecule has 3 N–H and O–H groups in total. The molecule has 1 saturated carbocycles. The van der Waals surface area contributed by atoms with Crippen LogP contribution in [0.3, 0.4) is 0 Å². The van der Waals surface area contributed by atoms with Crippen LogP contribution in [0.5, 0.6) is 11.5 Å². The zero-order chi connectivity index (χ0) is 13.1. The number of carbonyl (C=O) groups is 1. The van der Waals surface area contributed by atoms with Gasteiger partial charge in [0.2, 0.25) is 5.91 Å². The van der Waals surface area contributed by atoms with Gasteiger partial charge in [-0.1, -0.05) is 0 Å². The third-order valence-electron chi connectivity index (χ3n) is 3.02. The number of primary amides is 1. The summed E-state index contributed by atoms with van der Waals surface area (Å²) in [5, 5.41) is 9.72. The molecule has 18 heavy (non-hydrogen) atoms. The van der Waals surface area contributed by atoms with Crippen molar-refractivity contribution in [3.63, 3.8) is 0 Å². The average Bonchev–Trinajstić information content (AvgIpc) is 3.19. The van der Waals surface area contributed by atoms with Gasteiger partial charge in [0, 0.05) is 5.56 Å². The van der Waals surface area contributed by atoms with Gasteiger partial charge in [-0.25, -0.2) is 0 Å². The van der Waals surface area contributed by atoms with E-state index >= 15 is 0 Å². The van der Waals surface area contributed by atoms with Crippen molar-refractivity contribution in [2.45, 2.75) is 18.9 Å². The van der Waals surface area contributed by atoms with Gasteiger partial charge in [-0.2, -0.15) is 0 Å². The van der Waals surface area contributed by atoms with Crippen LogP contribution in [-0.2, 0) is 0 Å². The molecule has 5 nitrogen and oxygen atoms in total. The van der Waals surface area contributed by atoms with Gasteiger partial charge in [0.15, 0.2) is 11.5 Å². The lowest BCUT2D eigenvalue weighted by atomic mass is 10.2. The monoisotopic (exact) mass is 251 g/mol. The van der Waals surface area contributed by atoms with Gasteiger partial charge in [-0.05, 0) is 37.0 Å². The van der Waals surface area contributed by atoms with Crippen molar-refractivity contribution in [1.29, 1.82) is 0 Å². The van der Waals surface area contributed by atoms with Crippen molar-refractivity contribution >= 4 is 5.91 Å². The second-order valence-corrected chi connectivity index (χ2v) is 4.45. The highest BCUT2D eigenvalue weighted by molar-refractivity contribution is 5.93. The van der Waals surface area contributed by atoms with Crippen LogP contribution in [0.25, 0.3) is 0 Å². The highest BCUT2D eigenvalue weighted by atomic mass is 16.5. The van der Waals surface area contributed by atoms with Crippen LogP contribution in [0.4, 0.5) is 0 Å². The van der Waals surface area contributed by atoms with E-state index in [1.54, 1.807) is 12.1 Å². The zero-order valence-electron chi connectivity index (χ0n) is 10.3. The fraction of sp³-hybridized carbons (Fsp3) is 0.462. The molecule has 1 amide bonds. The van der Waals surface area contributed by atoms with Crippen molar-refractivity contribution in [1.82, 2.24) is 0 Å². The first kappa shape index (κ1) is 12.7. The smallest absolute Gasteiger partial charge is 0.248 e. The standard InChI is InChI=1S/C13H17NO4/c1-17-12-6-9(13(14)16)4-5-11(12)18-7-10(15)8-2-3-8/h4-6,8,10,15H,2-3,7H2,1H3,(H2,14,16). The first-order chi connectivity index (χ1) is 8.61. The molecule has 0 aromatic heterocycles. The Balaban J connectivity index is 2.04. The summed E-state index contributed by atoms with van der Waals surface area (Å²) in [7, 11) is 1.49. The quantitative estimate of drug-likeness (QED) is 0.788. The van der Waals surface area contributed by atoms with Gasteiger partial charge in [0.05, 0.1) is 13.2 Å². The third-order valence-corrected chi connectivity index (χ3v) is 3.02. The van der Waals surface area contributed by atoms with E-state index in [-0.39, 0.29) is 6.61 Å². The molecule has 2 rings (SSSR count). The van der Waals surface area contributed by atoms with Gasteiger partial charge >= 0.3 is 0 Å². The summed E-state index contributed by atoms with van der Waals surface area (Å²) in [5.74, 6) is 0.787. The molecule has 1 aromatic rings. The number of nitrogens with two attached hydrogens (primary N) is 1. The molecule has 1 aromatic carbocycles. The Morgan fingerprint density at radius 1 is 1.50 bits per heavy atom. The van der Waals surface area contributed by atoms with E-state index < -0.39 is 12.0 Å². The molecule has 0 aliphatic heterocycles. The normalized spacial score (nSPS) is 16.1. The minimum atomic E-state index is -0.516. The van der Waals surface area contributed by atoms with E-state index in [0.717, 1.165) is 12.8 Å². The van der Waals surface area contributed by atoms with Crippen molar-refractivity contribution in [2.75, 3.05) is 13.7 Å². The summed E-state index contributed by atoms with van der Waals surface area (Å²) in [6, 6.07) is 4.73. The number of hydrogen-bond acceptors (Lipinski definition) is 4. The van der Waals surface area contributed by atoms with Crippen molar-refractivity contribution < 1.29 is 19.4 Å². The van der Waals surface area contributed by atoms with E-state index in [2.05, 4.69) is 0 Å². The highest BCUT2D eigenvalue weighted by Gasteiger charge is 2.30. The summed E-state index contributed by atoms with van der Waals surface area (Å²) >= 11 is 0. The molecule has 0 saturated heterocycles. The van der Waals surface area contributed by atoms with E-state index in [0.29, 0.717) is 23.0 Å². The lowest BCUT2D eigenvalue weighted by molar-refractivity contribution is 0.0878. The summed E-state index contributed by atoms with van der Waals surface area (Å²) in [6.07, 6.45) is 1.68. The Morgan fingerprint density at radius 3 is 2.78 bits per heavy atom. The van der Waals surface area contributed by atoms with Crippen LogP contribution in [-0.4, -0.2) is 30.8 Å². The average molecular weight is 251 g/mol. The second kappa shape index (κ2) is 5.27. The number of aliphatic hydroxyl groups excluding tert-OH is 1. The van der Waals surface area contributed by atoms with E-state index in [1.165, 1.54) is 13.2 Å². The number of rotatable bonds is 6. The fourth-order valence-corrected chi connectivity index (χ4v) is 1.73. The molecule has 0 bridgehead atoms. The van der Waals surface area contributed by atoms with E-state index in [9.17, 15) is 9.90 Å². The Morgan fingerprint density at radius 2 is 2.22 bits per heavy atom. The molecular formula is C13H17NO4. The van der Waals surface area contributed by atoms with Gasteiger partial charge in [-0.3, -0.25) is 4.79 Å². The molecule has 1 unspecified atom stereocenters. The molecule has 1 atom stereocenters. The first-order valence-electron chi connectivity index (χ1n) is 5.90. The molecule has 0 radical (unpaired) electrons. The topological polar surface area (TPSA) is 81.8 Å². The molecule has 98 valence electrons. The zero-order valence-corrected chi connectivity index (χ0v) is 10.3. The highest BCUT2D eigenvalue weighted by Crippen LogP contribution is 2.34. The largest absolute Gasteiger partial charge is 0.493 e. The summed E-state index contributed by atoms with van der Waals surface area (Å²) in [5.41, 5.74) is 5.55. The number of ether oxygens (including phenoxy) is 2. The maximum absolute atomic E-state index is 11.0. The van der Waals surface area contributed by atoms with Crippen LogP contribution in [0.1, 0.15) is 23.2 Å². The third kappa shape index (κ3) is 2.92. The predicted octanol–water partition coefficient (Wildman–Crippen LogP) is 0.944. The van der Waals surface area contributed by atoms with Gasteiger partial charge in [0.1, 0.15) is 6.61 Å². The molecule has 1 fully saturated rings. The molecule has 0 spiro atoms. The Hall–Kier alpha value is -1.75. The lowest BCUT2D eigenvalue weighted by Crippen LogP contribution is -2.19. The summed E-state index contributed by atoms with van der Waals surface area (Å²) in [6.45, 7) is 0.233. The van der Waals surface area contributed by atoms with Crippen molar-refractivity contribution in [3.8, 4) is 11.5 Å². The lowest BCUT2D eigenvalue weighted by Gasteiger charge is -2.14. The minimum Gasteiger partial charge on any atom is -0.493 e. The number of amides is 1. The molecular weight excluding hydrogens is 234 g/mol. The molecule has 1 aliphatic rings. The number of carbonyl (C=O) groups excluding carboxylic acids is 1. The SMILES string of the molecule is COc1cc(C(N)=O)ccc1OCC(O)C1CC1. The number of hydrogen-bond donors (Lipinski definition) is 2. The number of benzene rings is 1.